The minimum atomic E-state index is -0.396. The standard InChI is InChI=1S/C11H13ClN6O2/c1-6-15-9(18-20-6)4-5-14-11(19)10-7(12)2-3-8(16-10)17-13/h2-3H,4-5,13H2,1H3,(H,14,19)(H,16,17). The van der Waals surface area contributed by atoms with Gasteiger partial charge in [0.25, 0.3) is 5.91 Å². The lowest BCUT2D eigenvalue weighted by atomic mass is 10.3. The maximum absolute atomic E-state index is 11.9. The van der Waals surface area contributed by atoms with Gasteiger partial charge in [-0.15, -0.1) is 0 Å². The number of nitrogens with two attached hydrogens (primary N) is 1. The maximum atomic E-state index is 11.9. The van der Waals surface area contributed by atoms with E-state index in [2.05, 4.69) is 25.9 Å². The number of amides is 1. The van der Waals surface area contributed by atoms with E-state index in [9.17, 15) is 4.79 Å². The summed E-state index contributed by atoms with van der Waals surface area (Å²) in [6, 6.07) is 3.11. The molecule has 4 N–H and O–H groups in total. The first-order chi connectivity index (χ1) is 9.60. The number of aromatic nitrogens is 3. The van der Waals surface area contributed by atoms with Crippen molar-refractivity contribution in [1.29, 1.82) is 0 Å². The number of nitrogen functional groups attached to an aromatic ring is 1. The Kier molecular flexibility index (Phi) is 4.49. The molecule has 106 valence electrons. The molecule has 0 saturated carbocycles. The SMILES string of the molecule is Cc1nc(CCNC(=O)c2nc(NN)ccc2Cl)no1. The van der Waals surface area contributed by atoms with Gasteiger partial charge in [0.2, 0.25) is 5.89 Å². The van der Waals surface area contributed by atoms with Gasteiger partial charge in [-0.1, -0.05) is 16.8 Å². The Balaban J connectivity index is 1.94. The van der Waals surface area contributed by atoms with E-state index in [-0.39, 0.29) is 10.7 Å². The van der Waals surface area contributed by atoms with Crippen molar-refractivity contribution < 1.29 is 9.32 Å². The number of nitrogens with one attached hydrogen (secondary N) is 2. The Morgan fingerprint density at radius 2 is 2.25 bits per heavy atom. The number of anilines is 1. The summed E-state index contributed by atoms with van der Waals surface area (Å²) >= 11 is 5.92. The van der Waals surface area contributed by atoms with Gasteiger partial charge in [0.15, 0.2) is 5.82 Å². The monoisotopic (exact) mass is 296 g/mol. The molecule has 0 fully saturated rings. The number of aryl methyl sites for hydroxylation is 1. The van der Waals surface area contributed by atoms with Crippen molar-refractivity contribution >= 4 is 23.3 Å². The van der Waals surface area contributed by atoms with Crippen LogP contribution in [0, 0.1) is 6.92 Å². The fraction of sp³-hybridized carbons (Fsp3) is 0.273. The van der Waals surface area contributed by atoms with Crippen LogP contribution in [0.5, 0.6) is 0 Å². The van der Waals surface area contributed by atoms with E-state index in [1.807, 2.05) is 0 Å². The molecule has 9 heteroatoms. The van der Waals surface area contributed by atoms with Crippen molar-refractivity contribution in [1.82, 2.24) is 20.4 Å². The molecule has 0 saturated heterocycles. The Morgan fingerprint density at radius 3 is 2.90 bits per heavy atom. The van der Waals surface area contributed by atoms with Gasteiger partial charge in [0.1, 0.15) is 11.5 Å². The molecule has 0 bridgehead atoms. The summed E-state index contributed by atoms with van der Waals surface area (Å²) in [5, 5.41) is 6.64. The molecule has 0 aromatic carbocycles. The molecule has 2 aromatic rings. The van der Waals surface area contributed by atoms with Crippen molar-refractivity contribution in [3.63, 3.8) is 0 Å². The minimum Gasteiger partial charge on any atom is -0.350 e. The van der Waals surface area contributed by atoms with E-state index < -0.39 is 5.91 Å². The van der Waals surface area contributed by atoms with Gasteiger partial charge < -0.3 is 15.3 Å². The van der Waals surface area contributed by atoms with E-state index in [4.69, 9.17) is 22.0 Å². The molecule has 2 heterocycles. The summed E-state index contributed by atoms with van der Waals surface area (Å²) in [4.78, 5) is 20.0. The number of nitrogens with zero attached hydrogens (tertiary/aromatic N) is 3. The molecule has 0 radical (unpaired) electrons. The summed E-state index contributed by atoms with van der Waals surface area (Å²) in [5.41, 5.74) is 2.46. The van der Waals surface area contributed by atoms with Crippen LogP contribution in [0.1, 0.15) is 22.2 Å². The summed E-state index contributed by atoms with van der Waals surface area (Å²) in [7, 11) is 0. The van der Waals surface area contributed by atoms with Gasteiger partial charge in [-0.05, 0) is 12.1 Å². The lowest BCUT2D eigenvalue weighted by Crippen LogP contribution is -2.27. The number of carbonyl (C=O) groups excluding carboxylic acids is 1. The molecule has 8 nitrogen and oxygen atoms in total. The Bertz CT molecular complexity index is 615. The summed E-state index contributed by atoms with van der Waals surface area (Å²) in [5.74, 6) is 6.20. The first kappa shape index (κ1) is 14.2. The lowest BCUT2D eigenvalue weighted by Gasteiger charge is -2.06. The van der Waals surface area contributed by atoms with Crippen LogP contribution >= 0.6 is 11.6 Å². The average molecular weight is 297 g/mol. The van der Waals surface area contributed by atoms with Crippen LogP contribution in [0.4, 0.5) is 5.82 Å². The van der Waals surface area contributed by atoms with Crippen LogP contribution in [0.15, 0.2) is 16.7 Å². The molecule has 1 amide bonds. The predicted octanol–water partition coefficient (Wildman–Crippen LogP) is 0.685. The summed E-state index contributed by atoms with van der Waals surface area (Å²) in [6.45, 7) is 2.04. The van der Waals surface area contributed by atoms with Gasteiger partial charge >= 0.3 is 0 Å². The zero-order valence-corrected chi connectivity index (χ0v) is 11.4. The number of carbonyl (C=O) groups is 1. The van der Waals surface area contributed by atoms with Crippen LogP contribution in [0.2, 0.25) is 5.02 Å². The molecule has 2 aromatic heterocycles. The largest absolute Gasteiger partial charge is 0.350 e. The molecule has 0 unspecified atom stereocenters. The van der Waals surface area contributed by atoms with E-state index >= 15 is 0 Å². The fourth-order valence-electron chi connectivity index (χ4n) is 1.50. The minimum absolute atomic E-state index is 0.103. The summed E-state index contributed by atoms with van der Waals surface area (Å²) in [6.07, 6.45) is 0.454. The highest BCUT2D eigenvalue weighted by molar-refractivity contribution is 6.33. The maximum Gasteiger partial charge on any atom is 0.271 e. The Labute approximate surface area is 119 Å². The Morgan fingerprint density at radius 1 is 1.45 bits per heavy atom. The second kappa shape index (κ2) is 6.31. The summed E-state index contributed by atoms with van der Waals surface area (Å²) < 4.78 is 4.83. The van der Waals surface area contributed by atoms with Gasteiger partial charge in [0.05, 0.1) is 5.02 Å². The molecular formula is C11H13ClN6O2. The number of hydrogen-bond acceptors (Lipinski definition) is 7. The third kappa shape index (κ3) is 3.43. The first-order valence-corrected chi connectivity index (χ1v) is 6.18. The molecular weight excluding hydrogens is 284 g/mol. The van der Waals surface area contributed by atoms with E-state index in [0.29, 0.717) is 30.5 Å². The molecule has 0 aliphatic rings. The van der Waals surface area contributed by atoms with E-state index in [1.54, 1.807) is 19.1 Å². The van der Waals surface area contributed by atoms with E-state index in [1.165, 1.54) is 0 Å². The van der Waals surface area contributed by atoms with Crippen LogP contribution in [0.25, 0.3) is 0 Å². The molecule has 0 atom stereocenters. The lowest BCUT2D eigenvalue weighted by molar-refractivity contribution is 0.0949. The van der Waals surface area contributed by atoms with Crippen LogP contribution < -0.4 is 16.6 Å². The molecule has 0 aliphatic carbocycles. The van der Waals surface area contributed by atoms with Crippen molar-refractivity contribution in [2.75, 3.05) is 12.0 Å². The van der Waals surface area contributed by atoms with Gasteiger partial charge in [-0.2, -0.15) is 4.98 Å². The molecule has 20 heavy (non-hydrogen) atoms. The highest BCUT2D eigenvalue weighted by Crippen LogP contribution is 2.15. The molecule has 2 rings (SSSR count). The van der Waals surface area contributed by atoms with Gasteiger partial charge in [-0.3, -0.25) is 4.79 Å². The topological polar surface area (TPSA) is 119 Å². The quantitative estimate of drug-likeness (QED) is 0.548. The van der Waals surface area contributed by atoms with Crippen LogP contribution in [-0.4, -0.2) is 27.6 Å². The highest BCUT2D eigenvalue weighted by Gasteiger charge is 2.13. The van der Waals surface area contributed by atoms with Crippen LogP contribution in [-0.2, 0) is 6.42 Å². The number of rotatable bonds is 5. The fourth-order valence-corrected chi connectivity index (χ4v) is 1.69. The molecule has 0 aliphatic heterocycles. The number of hydrogen-bond donors (Lipinski definition) is 3. The normalized spacial score (nSPS) is 10.3. The Hall–Kier alpha value is -2.19. The highest BCUT2D eigenvalue weighted by atomic mass is 35.5. The second-order valence-electron chi connectivity index (χ2n) is 3.91. The zero-order chi connectivity index (χ0) is 14.5. The van der Waals surface area contributed by atoms with Crippen molar-refractivity contribution in [2.24, 2.45) is 5.84 Å². The van der Waals surface area contributed by atoms with Crippen molar-refractivity contribution in [3.8, 4) is 0 Å². The smallest absolute Gasteiger partial charge is 0.271 e. The van der Waals surface area contributed by atoms with E-state index in [0.717, 1.165) is 0 Å². The number of hydrazine groups is 1. The third-order valence-electron chi connectivity index (χ3n) is 2.41. The van der Waals surface area contributed by atoms with Crippen molar-refractivity contribution in [3.05, 3.63) is 34.6 Å². The third-order valence-corrected chi connectivity index (χ3v) is 2.72. The zero-order valence-electron chi connectivity index (χ0n) is 10.7. The molecule has 0 spiro atoms. The number of pyridine rings is 1. The van der Waals surface area contributed by atoms with Crippen molar-refractivity contribution in [2.45, 2.75) is 13.3 Å². The van der Waals surface area contributed by atoms with Crippen LogP contribution in [0.3, 0.4) is 0 Å². The second-order valence-corrected chi connectivity index (χ2v) is 4.31. The van der Waals surface area contributed by atoms with Gasteiger partial charge in [-0.25, -0.2) is 10.8 Å². The first-order valence-electron chi connectivity index (χ1n) is 5.80. The van der Waals surface area contributed by atoms with Gasteiger partial charge in [0, 0.05) is 19.9 Å². The predicted molar refractivity (Wildman–Crippen MR) is 72.1 cm³/mol. The number of halogens is 1. The average Bonchev–Trinajstić information content (AvgIpc) is 2.85.